The van der Waals surface area contributed by atoms with Crippen LogP contribution in [0.5, 0.6) is 0 Å². The van der Waals surface area contributed by atoms with E-state index in [1.807, 2.05) is 12.1 Å². The minimum absolute atomic E-state index is 0.154. The van der Waals surface area contributed by atoms with Crippen molar-refractivity contribution in [2.75, 3.05) is 18.4 Å². The lowest BCUT2D eigenvalue weighted by Crippen LogP contribution is -2.22. The third-order valence-corrected chi connectivity index (χ3v) is 4.85. The zero-order valence-electron chi connectivity index (χ0n) is 12.5. The number of carbonyl (C=O) groups is 1. The maximum atomic E-state index is 12.1. The highest BCUT2D eigenvalue weighted by Crippen LogP contribution is 2.40. The van der Waals surface area contributed by atoms with Gasteiger partial charge in [0.2, 0.25) is 5.91 Å². The first-order valence-electron chi connectivity index (χ1n) is 7.94. The quantitative estimate of drug-likeness (QED) is 0.921. The second-order valence-electron chi connectivity index (χ2n) is 6.39. The van der Waals surface area contributed by atoms with Crippen molar-refractivity contribution in [2.45, 2.75) is 18.9 Å². The molecule has 2 aromatic carbocycles. The van der Waals surface area contributed by atoms with Gasteiger partial charge in [0.25, 0.3) is 0 Å². The Bertz CT molecular complexity index is 683. The zero-order chi connectivity index (χ0) is 14.9. The summed E-state index contributed by atoms with van der Waals surface area (Å²) in [6.07, 6.45) is 0.630. The Morgan fingerprint density at radius 2 is 1.77 bits per heavy atom. The van der Waals surface area contributed by atoms with Crippen molar-refractivity contribution in [3.63, 3.8) is 0 Å². The van der Waals surface area contributed by atoms with Crippen LogP contribution < -0.4 is 5.32 Å². The topological polar surface area (TPSA) is 32.3 Å². The predicted molar refractivity (Wildman–Crippen MR) is 87.6 cm³/mol. The standard InChI is InChI=1S/C19H20N2O/c22-19-10-15-12-21(11-14-6-2-1-3-7-14)13-17(15)16-8-4-5-9-18(16)20-19/h1-9,15,17H,10-13H2,(H,20,22)/t15-,17-/m1/s1. The minimum Gasteiger partial charge on any atom is -0.326 e. The predicted octanol–water partition coefficient (Wildman–Crippen LogP) is 3.24. The maximum Gasteiger partial charge on any atom is 0.224 e. The molecule has 2 aromatic rings. The molecule has 3 nitrogen and oxygen atoms in total. The van der Waals surface area contributed by atoms with Gasteiger partial charge in [0, 0.05) is 37.7 Å². The summed E-state index contributed by atoms with van der Waals surface area (Å²) in [6, 6.07) is 18.9. The Labute approximate surface area is 131 Å². The van der Waals surface area contributed by atoms with E-state index in [0.717, 1.165) is 25.3 Å². The molecule has 2 heterocycles. The average molecular weight is 292 g/mol. The van der Waals surface area contributed by atoms with Crippen LogP contribution in [0, 0.1) is 5.92 Å². The number of hydrogen-bond donors (Lipinski definition) is 1. The number of likely N-dealkylation sites (tertiary alicyclic amines) is 1. The van der Waals surface area contributed by atoms with Crippen molar-refractivity contribution in [3.05, 3.63) is 65.7 Å². The van der Waals surface area contributed by atoms with Crippen LogP contribution in [0.2, 0.25) is 0 Å². The molecule has 1 saturated heterocycles. The fraction of sp³-hybridized carbons (Fsp3) is 0.316. The number of rotatable bonds is 2. The smallest absolute Gasteiger partial charge is 0.224 e. The highest BCUT2D eigenvalue weighted by molar-refractivity contribution is 5.92. The number of carbonyl (C=O) groups excluding carboxylic acids is 1. The van der Waals surface area contributed by atoms with Crippen molar-refractivity contribution in [3.8, 4) is 0 Å². The molecule has 0 saturated carbocycles. The van der Waals surface area contributed by atoms with E-state index in [1.165, 1.54) is 11.1 Å². The van der Waals surface area contributed by atoms with E-state index in [1.54, 1.807) is 0 Å². The van der Waals surface area contributed by atoms with E-state index in [0.29, 0.717) is 18.3 Å². The molecular weight excluding hydrogens is 272 g/mol. The van der Waals surface area contributed by atoms with Crippen LogP contribution in [0.25, 0.3) is 0 Å². The summed E-state index contributed by atoms with van der Waals surface area (Å²) in [6.45, 7) is 3.00. The van der Waals surface area contributed by atoms with Crippen molar-refractivity contribution in [2.24, 2.45) is 5.92 Å². The van der Waals surface area contributed by atoms with E-state index < -0.39 is 0 Å². The molecule has 1 N–H and O–H groups in total. The molecule has 0 radical (unpaired) electrons. The van der Waals surface area contributed by atoms with Crippen LogP contribution in [0.15, 0.2) is 54.6 Å². The summed E-state index contributed by atoms with van der Waals surface area (Å²) in [5, 5.41) is 3.06. The Hall–Kier alpha value is -2.13. The highest BCUT2D eigenvalue weighted by atomic mass is 16.1. The highest BCUT2D eigenvalue weighted by Gasteiger charge is 2.38. The molecule has 0 bridgehead atoms. The van der Waals surface area contributed by atoms with Gasteiger partial charge in [0.1, 0.15) is 0 Å². The van der Waals surface area contributed by atoms with Gasteiger partial charge in [0.15, 0.2) is 0 Å². The molecule has 2 atom stereocenters. The number of anilines is 1. The van der Waals surface area contributed by atoms with Crippen LogP contribution in [0.3, 0.4) is 0 Å². The lowest BCUT2D eigenvalue weighted by Gasteiger charge is -2.17. The maximum absolute atomic E-state index is 12.1. The lowest BCUT2D eigenvalue weighted by molar-refractivity contribution is -0.116. The SMILES string of the molecule is O=C1C[C@@H]2CN(Cc3ccccc3)C[C@H]2c2ccccc2N1. The first kappa shape index (κ1) is 13.5. The number of hydrogen-bond acceptors (Lipinski definition) is 2. The van der Waals surface area contributed by atoms with E-state index in [2.05, 4.69) is 52.7 Å². The second kappa shape index (κ2) is 5.58. The number of amides is 1. The van der Waals surface area contributed by atoms with Gasteiger partial charge >= 0.3 is 0 Å². The molecule has 1 fully saturated rings. The second-order valence-corrected chi connectivity index (χ2v) is 6.39. The van der Waals surface area contributed by atoms with Crippen molar-refractivity contribution >= 4 is 11.6 Å². The normalized spacial score (nSPS) is 24.3. The summed E-state index contributed by atoms with van der Waals surface area (Å²) in [4.78, 5) is 14.6. The Balaban J connectivity index is 1.59. The zero-order valence-corrected chi connectivity index (χ0v) is 12.5. The summed E-state index contributed by atoms with van der Waals surface area (Å²) >= 11 is 0. The average Bonchev–Trinajstić information content (AvgIpc) is 2.85. The fourth-order valence-corrected chi connectivity index (χ4v) is 3.86. The minimum atomic E-state index is 0.154. The number of nitrogens with one attached hydrogen (secondary N) is 1. The van der Waals surface area contributed by atoms with Gasteiger partial charge in [-0.05, 0) is 23.1 Å². The van der Waals surface area contributed by atoms with Crippen LogP contribution >= 0.6 is 0 Å². The third kappa shape index (κ3) is 2.53. The molecule has 4 rings (SSSR count). The summed E-state index contributed by atoms with van der Waals surface area (Å²) in [5.41, 5.74) is 3.65. The van der Waals surface area contributed by atoms with Gasteiger partial charge in [-0.15, -0.1) is 0 Å². The van der Waals surface area contributed by atoms with Crippen LogP contribution in [-0.4, -0.2) is 23.9 Å². The number of nitrogens with zero attached hydrogens (tertiary/aromatic N) is 1. The molecule has 112 valence electrons. The van der Waals surface area contributed by atoms with Crippen molar-refractivity contribution < 1.29 is 4.79 Å². The lowest BCUT2D eigenvalue weighted by atomic mass is 9.87. The summed E-state index contributed by atoms with van der Waals surface area (Å²) in [7, 11) is 0. The Morgan fingerprint density at radius 1 is 1.00 bits per heavy atom. The van der Waals surface area contributed by atoms with E-state index >= 15 is 0 Å². The van der Waals surface area contributed by atoms with Gasteiger partial charge < -0.3 is 5.32 Å². The Kier molecular flexibility index (Phi) is 3.43. The molecule has 0 aromatic heterocycles. The summed E-state index contributed by atoms with van der Waals surface area (Å²) in [5.74, 6) is 1.03. The molecule has 22 heavy (non-hydrogen) atoms. The number of benzene rings is 2. The van der Waals surface area contributed by atoms with Gasteiger partial charge in [-0.2, -0.15) is 0 Å². The molecule has 2 aliphatic heterocycles. The first-order chi connectivity index (χ1) is 10.8. The summed E-state index contributed by atoms with van der Waals surface area (Å²) < 4.78 is 0. The van der Waals surface area contributed by atoms with E-state index in [9.17, 15) is 4.79 Å². The van der Waals surface area contributed by atoms with Gasteiger partial charge in [-0.3, -0.25) is 9.69 Å². The molecule has 1 amide bonds. The molecular formula is C19H20N2O. The molecule has 0 aliphatic carbocycles. The van der Waals surface area contributed by atoms with Gasteiger partial charge in [-0.1, -0.05) is 48.5 Å². The largest absolute Gasteiger partial charge is 0.326 e. The monoisotopic (exact) mass is 292 g/mol. The number of fused-ring (bicyclic) bond motifs is 3. The van der Waals surface area contributed by atoms with E-state index in [-0.39, 0.29) is 5.91 Å². The molecule has 0 unspecified atom stereocenters. The van der Waals surface area contributed by atoms with Crippen LogP contribution in [-0.2, 0) is 11.3 Å². The molecule has 0 spiro atoms. The Morgan fingerprint density at radius 3 is 2.64 bits per heavy atom. The first-order valence-corrected chi connectivity index (χ1v) is 7.94. The van der Waals surface area contributed by atoms with Crippen LogP contribution in [0.1, 0.15) is 23.5 Å². The van der Waals surface area contributed by atoms with Crippen molar-refractivity contribution in [1.29, 1.82) is 0 Å². The van der Waals surface area contributed by atoms with Gasteiger partial charge in [0.05, 0.1) is 0 Å². The van der Waals surface area contributed by atoms with Gasteiger partial charge in [-0.25, -0.2) is 0 Å². The van der Waals surface area contributed by atoms with Crippen molar-refractivity contribution in [1.82, 2.24) is 4.90 Å². The molecule has 2 aliphatic rings. The van der Waals surface area contributed by atoms with Crippen LogP contribution in [0.4, 0.5) is 5.69 Å². The number of para-hydroxylation sites is 1. The molecule has 3 heteroatoms. The van der Waals surface area contributed by atoms with E-state index in [4.69, 9.17) is 0 Å². The fourth-order valence-electron chi connectivity index (χ4n) is 3.86. The third-order valence-electron chi connectivity index (χ3n) is 4.85.